The van der Waals surface area contributed by atoms with Gasteiger partial charge >= 0.3 is 0 Å². The monoisotopic (exact) mass is 344 g/mol. The summed E-state index contributed by atoms with van der Waals surface area (Å²) in [6.45, 7) is 10.9. The van der Waals surface area contributed by atoms with Crippen LogP contribution in [0.15, 0.2) is 48.5 Å². The maximum atomic E-state index is 2.50. The van der Waals surface area contributed by atoms with E-state index < -0.39 is 0 Å². The van der Waals surface area contributed by atoms with Crippen LogP contribution in [0.4, 0.5) is 0 Å². The van der Waals surface area contributed by atoms with Gasteiger partial charge in [0.05, 0.1) is 0 Å². The minimum absolute atomic E-state index is 0.554. The highest BCUT2D eigenvalue weighted by Gasteiger charge is 2.17. The highest BCUT2D eigenvalue weighted by molar-refractivity contribution is 5.89. The molecule has 4 rings (SSSR count). The van der Waals surface area contributed by atoms with Gasteiger partial charge in [-0.1, -0.05) is 70.2 Å². The van der Waals surface area contributed by atoms with Gasteiger partial charge in [-0.25, -0.2) is 0 Å². The normalized spacial score (nSPS) is 13.3. The fraction of sp³-hybridized carbons (Fsp3) is 0.385. The van der Waals surface area contributed by atoms with Crippen molar-refractivity contribution in [2.75, 3.05) is 0 Å². The van der Waals surface area contributed by atoms with Crippen LogP contribution in [0, 0.1) is 6.92 Å². The molecule has 3 aromatic rings. The minimum atomic E-state index is 0.554. The van der Waals surface area contributed by atoms with Gasteiger partial charge in [-0.05, 0) is 88.7 Å². The maximum absolute atomic E-state index is 2.50. The summed E-state index contributed by atoms with van der Waals surface area (Å²) in [7, 11) is 0. The predicted octanol–water partition coefficient (Wildman–Crippen LogP) is 7.84. The van der Waals surface area contributed by atoms with Gasteiger partial charge in [0.15, 0.2) is 0 Å². The van der Waals surface area contributed by atoms with Crippen molar-refractivity contribution < 1.29 is 0 Å². The summed E-state index contributed by atoms with van der Waals surface area (Å²) in [6, 6.07) is 18.4. The second-order valence-electron chi connectivity index (χ2n) is 7.58. The van der Waals surface area contributed by atoms with Crippen LogP contribution < -0.4 is 0 Å². The summed E-state index contributed by atoms with van der Waals surface area (Å²) in [5.74, 6) is 0.554. The zero-order valence-corrected chi connectivity index (χ0v) is 17.0. The lowest BCUT2D eigenvalue weighted by Crippen LogP contribution is -2.06. The number of hydrogen-bond acceptors (Lipinski definition) is 0. The topological polar surface area (TPSA) is 0 Å². The molecule has 1 aliphatic carbocycles. The quantitative estimate of drug-likeness (QED) is 0.444. The van der Waals surface area contributed by atoms with Crippen LogP contribution in [0.1, 0.15) is 68.7 Å². The Morgan fingerprint density at radius 2 is 1.31 bits per heavy atom. The smallest absolute Gasteiger partial charge is 0.0143 e. The minimum Gasteiger partial charge on any atom is -0.0683 e. The van der Waals surface area contributed by atoms with Gasteiger partial charge in [0.1, 0.15) is 0 Å². The first-order valence-corrected chi connectivity index (χ1v) is 10.3. The Morgan fingerprint density at radius 3 is 1.92 bits per heavy atom. The molecule has 0 unspecified atom stereocenters. The molecule has 0 heteroatoms. The number of fused-ring (bicyclic) bond motifs is 2. The SMILES string of the molecule is CC.Cc1cc2ccccc2cc1-c1cc2c(cc1C(C)C)CCCC2. The predicted molar refractivity (Wildman–Crippen MR) is 116 cm³/mol. The number of hydrogen-bond donors (Lipinski definition) is 0. The van der Waals surface area contributed by atoms with E-state index in [4.69, 9.17) is 0 Å². The van der Waals surface area contributed by atoms with Crippen molar-refractivity contribution in [2.24, 2.45) is 0 Å². The Morgan fingerprint density at radius 1 is 0.731 bits per heavy atom. The molecular formula is C26H32. The zero-order chi connectivity index (χ0) is 18.7. The first kappa shape index (κ1) is 18.7. The maximum Gasteiger partial charge on any atom is -0.0143 e. The Hall–Kier alpha value is -2.08. The summed E-state index contributed by atoms with van der Waals surface area (Å²) in [5, 5.41) is 2.67. The van der Waals surface area contributed by atoms with Crippen LogP contribution in [-0.2, 0) is 12.8 Å². The molecule has 0 radical (unpaired) electrons. The van der Waals surface area contributed by atoms with Gasteiger partial charge < -0.3 is 0 Å². The van der Waals surface area contributed by atoms with Crippen molar-refractivity contribution in [3.05, 3.63) is 70.8 Å². The lowest BCUT2D eigenvalue weighted by atomic mass is 9.82. The molecule has 0 aromatic heterocycles. The fourth-order valence-corrected chi connectivity index (χ4v) is 4.16. The van der Waals surface area contributed by atoms with Gasteiger partial charge in [0.2, 0.25) is 0 Å². The molecule has 0 fully saturated rings. The molecule has 3 aromatic carbocycles. The second-order valence-corrected chi connectivity index (χ2v) is 7.58. The average molecular weight is 345 g/mol. The lowest BCUT2D eigenvalue weighted by Gasteiger charge is -2.23. The highest BCUT2D eigenvalue weighted by Crippen LogP contribution is 2.37. The third-order valence-electron chi connectivity index (χ3n) is 5.52. The Bertz CT molecular complexity index is 899. The molecule has 0 saturated carbocycles. The molecule has 1 aliphatic rings. The first-order valence-electron chi connectivity index (χ1n) is 10.3. The molecule has 0 bridgehead atoms. The van der Waals surface area contributed by atoms with Crippen LogP contribution in [0.2, 0.25) is 0 Å². The summed E-state index contributed by atoms with van der Waals surface area (Å²) >= 11 is 0. The van der Waals surface area contributed by atoms with E-state index in [-0.39, 0.29) is 0 Å². The van der Waals surface area contributed by atoms with Crippen molar-refractivity contribution in [3.63, 3.8) is 0 Å². The highest BCUT2D eigenvalue weighted by atomic mass is 14.2. The molecule has 0 N–H and O–H groups in total. The number of rotatable bonds is 2. The molecule has 0 aliphatic heterocycles. The van der Waals surface area contributed by atoms with Crippen LogP contribution in [0.25, 0.3) is 21.9 Å². The second kappa shape index (κ2) is 8.08. The van der Waals surface area contributed by atoms with E-state index in [2.05, 4.69) is 69.3 Å². The van der Waals surface area contributed by atoms with Gasteiger partial charge in [-0.2, -0.15) is 0 Å². The summed E-state index contributed by atoms with van der Waals surface area (Å²) in [5.41, 5.74) is 8.92. The molecular weight excluding hydrogens is 312 g/mol. The van der Waals surface area contributed by atoms with Gasteiger partial charge in [-0.3, -0.25) is 0 Å². The molecule has 0 atom stereocenters. The van der Waals surface area contributed by atoms with Crippen molar-refractivity contribution in [2.45, 2.75) is 66.2 Å². The molecule has 0 amide bonds. The summed E-state index contributed by atoms with van der Waals surface area (Å²) in [4.78, 5) is 0. The molecule has 0 saturated heterocycles. The zero-order valence-electron chi connectivity index (χ0n) is 17.0. The van der Waals surface area contributed by atoms with E-state index in [9.17, 15) is 0 Å². The number of aryl methyl sites for hydroxylation is 3. The molecule has 0 nitrogen and oxygen atoms in total. The van der Waals surface area contributed by atoms with Crippen LogP contribution >= 0.6 is 0 Å². The van der Waals surface area contributed by atoms with Crippen molar-refractivity contribution in [1.82, 2.24) is 0 Å². The third kappa shape index (κ3) is 3.56. The van der Waals surface area contributed by atoms with Gasteiger partial charge in [0, 0.05) is 0 Å². The van der Waals surface area contributed by atoms with Gasteiger partial charge in [-0.15, -0.1) is 0 Å². The standard InChI is InChI=1S/C24H26.C2H6/c1-16(2)22-13-19-9-6-7-11-21(19)15-24(22)23-14-20-10-5-4-8-18(20)12-17(23)3;1-2/h4-5,8,10,12-16H,6-7,9,11H2,1-3H3;1-2H3. The first-order chi connectivity index (χ1) is 12.6. The Balaban J connectivity index is 0.000000948. The van der Waals surface area contributed by atoms with Crippen molar-refractivity contribution >= 4 is 10.8 Å². The van der Waals surface area contributed by atoms with E-state index in [0.717, 1.165) is 0 Å². The van der Waals surface area contributed by atoms with Crippen LogP contribution in [-0.4, -0.2) is 0 Å². The van der Waals surface area contributed by atoms with E-state index in [1.54, 1.807) is 11.1 Å². The average Bonchev–Trinajstić information content (AvgIpc) is 2.68. The molecule has 26 heavy (non-hydrogen) atoms. The molecule has 0 spiro atoms. The summed E-state index contributed by atoms with van der Waals surface area (Å²) in [6.07, 6.45) is 5.18. The lowest BCUT2D eigenvalue weighted by molar-refractivity contribution is 0.683. The largest absolute Gasteiger partial charge is 0.0683 e. The molecule has 0 heterocycles. The fourth-order valence-electron chi connectivity index (χ4n) is 4.16. The van der Waals surface area contributed by atoms with E-state index in [1.165, 1.54) is 58.7 Å². The van der Waals surface area contributed by atoms with Crippen LogP contribution in [0.5, 0.6) is 0 Å². The van der Waals surface area contributed by atoms with Gasteiger partial charge in [0.25, 0.3) is 0 Å². The summed E-state index contributed by atoms with van der Waals surface area (Å²) < 4.78 is 0. The third-order valence-corrected chi connectivity index (χ3v) is 5.52. The van der Waals surface area contributed by atoms with E-state index >= 15 is 0 Å². The van der Waals surface area contributed by atoms with Crippen molar-refractivity contribution in [3.8, 4) is 11.1 Å². The van der Waals surface area contributed by atoms with Crippen molar-refractivity contribution in [1.29, 1.82) is 0 Å². The Kier molecular flexibility index (Phi) is 5.81. The number of benzene rings is 3. The Labute approximate surface area is 159 Å². The van der Waals surface area contributed by atoms with E-state index in [1.807, 2.05) is 13.8 Å². The molecule has 136 valence electrons. The van der Waals surface area contributed by atoms with E-state index in [0.29, 0.717) is 5.92 Å². The van der Waals surface area contributed by atoms with Crippen LogP contribution in [0.3, 0.4) is 0 Å².